The fourth-order valence-electron chi connectivity index (χ4n) is 8.45. The van der Waals surface area contributed by atoms with Gasteiger partial charge >= 0.3 is 5.97 Å². The first kappa shape index (κ1) is 20.0. The molecule has 1 aliphatic heterocycles. The average molecular weight is 407 g/mol. The van der Waals surface area contributed by atoms with E-state index in [-0.39, 0.29) is 35.7 Å². The van der Waals surface area contributed by atoms with Crippen molar-refractivity contribution in [2.45, 2.75) is 82.7 Å². The highest BCUT2D eigenvalue weighted by Crippen LogP contribution is 2.69. The summed E-state index contributed by atoms with van der Waals surface area (Å²) in [5.41, 5.74) is -0.935. The summed E-state index contributed by atoms with van der Waals surface area (Å²) in [6.07, 6.45) is 4.43. The van der Waals surface area contributed by atoms with E-state index in [0.717, 1.165) is 31.3 Å². The number of carbonyl (C=O) groups is 1. The summed E-state index contributed by atoms with van der Waals surface area (Å²) in [7, 11) is 0. The summed E-state index contributed by atoms with van der Waals surface area (Å²) in [5, 5.41) is 43.9. The molecule has 0 aromatic carbocycles. The molecule has 0 spiro atoms. The summed E-state index contributed by atoms with van der Waals surface area (Å²) < 4.78 is 5.14. The highest BCUT2D eigenvalue weighted by molar-refractivity contribution is 5.85. The van der Waals surface area contributed by atoms with Crippen LogP contribution in [0.2, 0.25) is 0 Å². The van der Waals surface area contributed by atoms with E-state index in [1.807, 2.05) is 0 Å². The monoisotopic (exact) mass is 406 g/mol. The zero-order valence-corrected chi connectivity index (χ0v) is 17.4. The van der Waals surface area contributed by atoms with Gasteiger partial charge in [-0.2, -0.15) is 0 Å². The molecule has 0 aromatic rings. The van der Waals surface area contributed by atoms with Gasteiger partial charge in [0, 0.05) is 11.5 Å². The second-order valence-electron chi connectivity index (χ2n) is 11.0. The van der Waals surface area contributed by atoms with Crippen LogP contribution in [0.3, 0.4) is 0 Å². The average Bonchev–Trinajstić information content (AvgIpc) is 3.17. The van der Waals surface area contributed by atoms with Crippen LogP contribution in [-0.4, -0.2) is 56.9 Å². The van der Waals surface area contributed by atoms with Crippen LogP contribution in [0.4, 0.5) is 0 Å². The minimum atomic E-state index is -1.21. The van der Waals surface area contributed by atoms with Gasteiger partial charge in [0.1, 0.15) is 6.61 Å². The molecule has 10 atom stereocenters. The lowest BCUT2D eigenvalue weighted by atomic mass is 9.42. The van der Waals surface area contributed by atoms with Gasteiger partial charge < -0.3 is 25.2 Å². The predicted octanol–water partition coefficient (Wildman–Crippen LogP) is 1.55. The third-order valence-corrected chi connectivity index (χ3v) is 10.0. The zero-order chi connectivity index (χ0) is 20.8. The van der Waals surface area contributed by atoms with E-state index < -0.39 is 29.3 Å². The lowest BCUT2D eigenvalue weighted by Crippen LogP contribution is -2.66. The molecule has 4 fully saturated rings. The number of aliphatic hydroxyl groups is 4. The third-order valence-electron chi connectivity index (χ3n) is 10.0. The highest BCUT2D eigenvalue weighted by Gasteiger charge is 2.71. The SMILES string of the molecule is C[C@]12C[C@@H](O)[C@H](O)C[C@@H]1CC[C@@H]1[C@@H]2CC[C@]2(C)[C@@H](C3=CC(=O)OC3)C[C@@H](O)[C@]12O. The number of esters is 1. The first-order valence-corrected chi connectivity index (χ1v) is 11.2. The van der Waals surface area contributed by atoms with Crippen molar-refractivity contribution in [1.82, 2.24) is 0 Å². The van der Waals surface area contributed by atoms with E-state index in [4.69, 9.17) is 4.74 Å². The Hall–Kier alpha value is -0.950. The van der Waals surface area contributed by atoms with Gasteiger partial charge in [-0.25, -0.2) is 4.79 Å². The van der Waals surface area contributed by atoms with Crippen LogP contribution < -0.4 is 0 Å². The Morgan fingerprint density at radius 3 is 2.48 bits per heavy atom. The number of carbonyl (C=O) groups excluding carboxylic acids is 1. The Morgan fingerprint density at radius 2 is 1.79 bits per heavy atom. The minimum absolute atomic E-state index is 0.0384. The Kier molecular flexibility index (Phi) is 4.33. The highest BCUT2D eigenvalue weighted by atomic mass is 16.5. The lowest BCUT2D eigenvalue weighted by Gasteiger charge is -2.64. The summed E-state index contributed by atoms with van der Waals surface area (Å²) >= 11 is 0. The molecule has 0 unspecified atom stereocenters. The van der Waals surface area contributed by atoms with Crippen molar-refractivity contribution in [1.29, 1.82) is 0 Å². The van der Waals surface area contributed by atoms with Gasteiger partial charge in [0.25, 0.3) is 0 Å². The van der Waals surface area contributed by atoms with Crippen molar-refractivity contribution in [3.05, 3.63) is 11.6 Å². The van der Waals surface area contributed by atoms with Gasteiger partial charge in [-0.05, 0) is 79.6 Å². The topological polar surface area (TPSA) is 107 Å². The molecule has 162 valence electrons. The molecule has 0 bridgehead atoms. The molecule has 4 aliphatic carbocycles. The first-order chi connectivity index (χ1) is 13.6. The lowest BCUT2D eigenvalue weighted by molar-refractivity contribution is -0.241. The van der Waals surface area contributed by atoms with E-state index >= 15 is 0 Å². The van der Waals surface area contributed by atoms with Gasteiger partial charge in [-0.15, -0.1) is 0 Å². The van der Waals surface area contributed by atoms with E-state index in [1.54, 1.807) is 6.08 Å². The molecule has 5 rings (SSSR count). The molecule has 0 radical (unpaired) electrons. The Morgan fingerprint density at radius 1 is 1.03 bits per heavy atom. The van der Waals surface area contributed by atoms with Gasteiger partial charge in [0.2, 0.25) is 0 Å². The van der Waals surface area contributed by atoms with Crippen LogP contribution >= 0.6 is 0 Å². The van der Waals surface area contributed by atoms with Gasteiger partial charge in [0.15, 0.2) is 0 Å². The molecule has 0 saturated heterocycles. The van der Waals surface area contributed by atoms with Crippen LogP contribution in [-0.2, 0) is 9.53 Å². The molecule has 6 nitrogen and oxygen atoms in total. The number of fused-ring (bicyclic) bond motifs is 5. The molecule has 1 heterocycles. The van der Waals surface area contributed by atoms with Crippen LogP contribution in [0, 0.1) is 34.5 Å². The Bertz CT molecular complexity index is 750. The number of cyclic esters (lactones) is 1. The quantitative estimate of drug-likeness (QED) is 0.492. The van der Waals surface area contributed by atoms with Crippen LogP contribution in [0.1, 0.15) is 58.8 Å². The predicted molar refractivity (Wildman–Crippen MR) is 105 cm³/mol. The number of hydrogen-bond acceptors (Lipinski definition) is 6. The van der Waals surface area contributed by atoms with Crippen molar-refractivity contribution in [3.8, 4) is 0 Å². The van der Waals surface area contributed by atoms with Gasteiger partial charge in [-0.3, -0.25) is 0 Å². The number of rotatable bonds is 1. The zero-order valence-electron chi connectivity index (χ0n) is 17.4. The molecule has 6 heteroatoms. The minimum Gasteiger partial charge on any atom is -0.458 e. The molecule has 4 saturated carbocycles. The summed E-state index contributed by atoms with van der Waals surface area (Å²) in [5.74, 6) is 0.131. The second kappa shape index (κ2) is 6.28. The van der Waals surface area contributed by atoms with Gasteiger partial charge in [0.05, 0.1) is 23.9 Å². The van der Waals surface area contributed by atoms with Crippen molar-refractivity contribution in [2.24, 2.45) is 34.5 Å². The van der Waals surface area contributed by atoms with E-state index in [1.165, 1.54) is 0 Å². The maximum Gasteiger partial charge on any atom is 0.331 e. The normalized spacial score (nSPS) is 56.8. The van der Waals surface area contributed by atoms with Crippen molar-refractivity contribution in [3.63, 3.8) is 0 Å². The van der Waals surface area contributed by atoms with Gasteiger partial charge in [-0.1, -0.05) is 13.8 Å². The van der Waals surface area contributed by atoms with Crippen molar-refractivity contribution < 1.29 is 30.0 Å². The maximum absolute atomic E-state index is 12.1. The number of aliphatic hydroxyl groups excluding tert-OH is 3. The standard InChI is InChI=1S/C23H34O6/c1-21-10-18(25)17(24)8-13(21)3-4-15-14(21)5-6-22(2)16(9-19(26)23(15,22)28)12-7-20(27)29-11-12/h7,13-19,24-26,28H,3-6,8-11H2,1-2H3/t13-,14-,15+,16+,17+,18+,19+,21-,22+,23+/m0/s1. The van der Waals surface area contributed by atoms with Crippen LogP contribution in [0.25, 0.3) is 0 Å². The number of hydrogen-bond donors (Lipinski definition) is 4. The Balaban J connectivity index is 1.51. The third kappa shape index (κ3) is 2.46. The fraction of sp³-hybridized carbons (Fsp3) is 0.870. The fourth-order valence-corrected chi connectivity index (χ4v) is 8.45. The maximum atomic E-state index is 12.1. The molecule has 0 aromatic heterocycles. The summed E-state index contributed by atoms with van der Waals surface area (Å²) in [6, 6.07) is 0. The van der Waals surface area contributed by atoms with E-state index in [0.29, 0.717) is 25.2 Å². The molecule has 0 amide bonds. The van der Waals surface area contributed by atoms with Crippen molar-refractivity contribution >= 4 is 5.97 Å². The molecular formula is C23H34O6. The largest absolute Gasteiger partial charge is 0.458 e. The molecule has 29 heavy (non-hydrogen) atoms. The molecule has 4 N–H and O–H groups in total. The van der Waals surface area contributed by atoms with E-state index in [9.17, 15) is 25.2 Å². The molecular weight excluding hydrogens is 372 g/mol. The van der Waals surface area contributed by atoms with E-state index in [2.05, 4.69) is 13.8 Å². The van der Waals surface area contributed by atoms with Crippen molar-refractivity contribution in [2.75, 3.05) is 6.61 Å². The number of ether oxygens (including phenoxy) is 1. The smallest absolute Gasteiger partial charge is 0.331 e. The van der Waals surface area contributed by atoms with Crippen LogP contribution in [0.5, 0.6) is 0 Å². The second-order valence-corrected chi connectivity index (χ2v) is 11.0. The molecule has 5 aliphatic rings. The Labute approximate surface area is 172 Å². The first-order valence-electron chi connectivity index (χ1n) is 11.2. The van der Waals surface area contributed by atoms with Crippen LogP contribution in [0.15, 0.2) is 11.6 Å². The summed E-state index contributed by atoms with van der Waals surface area (Å²) in [4.78, 5) is 11.7. The summed E-state index contributed by atoms with van der Waals surface area (Å²) in [6.45, 7) is 4.57.